The van der Waals surface area contributed by atoms with Gasteiger partial charge in [-0.05, 0) is 39.7 Å². The predicted octanol–water partition coefficient (Wildman–Crippen LogP) is 3.65. The summed E-state index contributed by atoms with van der Waals surface area (Å²) in [6.45, 7) is 5.91. The van der Waals surface area contributed by atoms with Crippen LogP contribution in [-0.4, -0.2) is 25.8 Å². The smallest absolute Gasteiger partial charge is 0.103 e. The second-order valence-corrected chi connectivity index (χ2v) is 5.18. The number of unbranched alkanes of at least 4 members (excludes halogenated alkanes) is 5. The van der Waals surface area contributed by atoms with Crippen molar-refractivity contribution in [3.05, 3.63) is 0 Å². The molecule has 1 unspecified atom stereocenters. The molecule has 0 heterocycles. The van der Waals surface area contributed by atoms with Gasteiger partial charge in [-0.2, -0.15) is 5.26 Å². The third kappa shape index (κ3) is 9.44. The zero-order chi connectivity index (χ0) is 13.7. The molecule has 0 amide bonds. The average Bonchev–Trinajstić information content (AvgIpc) is 2.40. The lowest BCUT2D eigenvalue weighted by atomic mass is 9.97. The van der Waals surface area contributed by atoms with Gasteiger partial charge >= 0.3 is 0 Å². The van der Waals surface area contributed by atoms with Crippen molar-refractivity contribution in [3.63, 3.8) is 0 Å². The van der Waals surface area contributed by atoms with E-state index in [1.807, 2.05) is 14.0 Å². The molecule has 0 aromatic carbocycles. The fourth-order valence-electron chi connectivity index (χ4n) is 1.83. The van der Waals surface area contributed by atoms with Crippen molar-refractivity contribution in [2.24, 2.45) is 0 Å². The molecular formula is C15H30N2O. The molecule has 0 saturated carbocycles. The molecule has 1 N–H and O–H groups in total. The molecular weight excluding hydrogens is 224 g/mol. The quantitative estimate of drug-likeness (QED) is 0.541. The fraction of sp³-hybridized carbons (Fsp3) is 0.933. The summed E-state index contributed by atoms with van der Waals surface area (Å²) >= 11 is 0. The van der Waals surface area contributed by atoms with E-state index in [1.54, 1.807) is 0 Å². The second-order valence-electron chi connectivity index (χ2n) is 5.18. The molecule has 0 aliphatic heterocycles. The van der Waals surface area contributed by atoms with Crippen LogP contribution < -0.4 is 5.32 Å². The molecule has 18 heavy (non-hydrogen) atoms. The van der Waals surface area contributed by atoms with Gasteiger partial charge < -0.3 is 10.1 Å². The summed E-state index contributed by atoms with van der Waals surface area (Å²) in [7, 11) is 1.84. The van der Waals surface area contributed by atoms with E-state index in [0.717, 1.165) is 32.5 Å². The largest absolute Gasteiger partial charge is 0.381 e. The van der Waals surface area contributed by atoms with E-state index in [0.29, 0.717) is 0 Å². The first-order chi connectivity index (χ1) is 8.68. The highest BCUT2D eigenvalue weighted by Crippen LogP contribution is 2.12. The lowest BCUT2D eigenvalue weighted by Crippen LogP contribution is -2.37. The molecule has 0 aliphatic carbocycles. The van der Waals surface area contributed by atoms with E-state index in [-0.39, 0.29) is 5.54 Å². The van der Waals surface area contributed by atoms with Crippen LogP contribution in [-0.2, 0) is 4.74 Å². The molecule has 0 aliphatic rings. The van der Waals surface area contributed by atoms with Crippen molar-refractivity contribution in [2.45, 2.75) is 70.8 Å². The van der Waals surface area contributed by atoms with Crippen molar-refractivity contribution in [3.8, 4) is 6.07 Å². The lowest BCUT2D eigenvalue weighted by molar-refractivity contribution is 0.124. The molecule has 0 fully saturated rings. The first-order valence-corrected chi connectivity index (χ1v) is 7.36. The Labute approximate surface area is 113 Å². The Balaban J connectivity index is 3.24. The summed E-state index contributed by atoms with van der Waals surface area (Å²) in [6, 6.07) is 2.31. The normalized spacial score (nSPS) is 14.1. The third-order valence-electron chi connectivity index (χ3n) is 3.41. The molecule has 0 radical (unpaired) electrons. The topological polar surface area (TPSA) is 45.0 Å². The lowest BCUT2D eigenvalue weighted by Gasteiger charge is -2.20. The van der Waals surface area contributed by atoms with E-state index in [2.05, 4.69) is 18.3 Å². The SMILES string of the molecule is CCCCCCCOCCCCC(C)(C#N)NC. The molecule has 1 atom stereocenters. The molecule has 0 aromatic rings. The van der Waals surface area contributed by atoms with E-state index in [9.17, 15) is 0 Å². The first-order valence-electron chi connectivity index (χ1n) is 7.36. The highest BCUT2D eigenvalue weighted by Gasteiger charge is 2.19. The summed E-state index contributed by atoms with van der Waals surface area (Å²) in [6.07, 6.45) is 9.43. The third-order valence-corrected chi connectivity index (χ3v) is 3.41. The Morgan fingerprint density at radius 3 is 2.22 bits per heavy atom. The number of nitriles is 1. The molecule has 0 aromatic heterocycles. The maximum absolute atomic E-state index is 8.99. The molecule has 0 saturated heterocycles. The van der Waals surface area contributed by atoms with Gasteiger partial charge in [0.05, 0.1) is 6.07 Å². The summed E-state index contributed by atoms with van der Waals surface area (Å²) in [5, 5.41) is 12.0. The van der Waals surface area contributed by atoms with Crippen LogP contribution >= 0.6 is 0 Å². The van der Waals surface area contributed by atoms with Gasteiger partial charge in [0.2, 0.25) is 0 Å². The Morgan fingerprint density at radius 1 is 1.06 bits per heavy atom. The van der Waals surface area contributed by atoms with Crippen LogP contribution in [0.2, 0.25) is 0 Å². The van der Waals surface area contributed by atoms with Gasteiger partial charge in [0.15, 0.2) is 0 Å². The van der Waals surface area contributed by atoms with Crippen LogP contribution in [0.4, 0.5) is 0 Å². The fourth-order valence-corrected chi connectivity index (χ4v) is 1.83. The number of nitrogens with zero attached hydrogens (tertiary/aromatic N) is 1. The average molecular weight is 254 g/mol. The number of rotatable bonds is 12. The number of hydrogen-bond donors (Lipinski definition) is 1. The number of ether oxygens (including phenoxy) is 1. The van der Waals surface area contributed by atoms with Crippen molar-refractivity contribution in [1.82, 2.24) is 5.32 Å². The van der Waals surface area contributed by atoms with Gasteiger partial charge in [0, 0.05) is 13.2 Å². The minimum absolute atomic E-state index is 0.375. The number of nitrogens with one attached hydrogen (secondary N) is 1. The molecule has 0 spiro atoms. The van der Waals surface area contributed by atoms with Crippen LogP contribution in [0.25, 0.3) is 0 Å². The minimum atomic E-state index is -0.375. The van der Waals surface area contributed by atoms with Gasteiger partial charge in [-0.25, -0.2) is 0 Å². The molecule has 3 nitrogen and oxygen atoms in total. The van der Waals surface area contributed by atoms with E-state index < -0.39 is 0 Å². The highest BCUT2D eigenvalue weighted by atomic mass is 16.5. The van der Waals surface area contributed by atoms with Gasteiger partial charge in [-0.1, -0.05) is 32.6 Å². The van der Waals surface area contributed by atoms with Crippen molar-refractivity contribution >= 4 is 0 Å². The molecule has 3 heteroatoms. The minimum Gasteiger partial charge on any atom is -0.381 e. The zero-order valence-corrected chi connectivity index (χ0v) is 12.4. The maximum atomic E-state index is 8.99. The van der Waals surface area contributed by atoms with Crippen molar-refractivity contribution in [2.75, 3.05) is 20.3 Å². The summed E-state index contributed by atoms with van der Waals surface area (Å²) in [5.74, 6) is 0. The Kier molecular flexibility index (Phi) is 11.1. The molecule has 0 rings (SSSR count). The van der Waals surface area contributed by atoms with Gasteiger partial charge in [-0.3, -0.25) is 0 Å². The van der Waals surface area contributed by atoms with Crippen LogP contribution in [0.3, 0.4) is 0 Å². The monoisotopic (exact) mass is 254 g/mol. The summed E-state index contributed by atoms with van der Waals surface area (Å²) in [5.41, 5.74) is -0.375. The van der Waals surface area contributed by atoms with Crippen LogP contribution in [0.1, 0.15) is 65.2 Å². The summed E-state index contributed by atoms with van der Waals surface area (Å²) in [4.78, 5) is 0. The zero-order valence-electron chi connectivity index (χ0n) is 12.4. The van der Waals surface area contributed by atoms with Gasteiger partial charge in [0.1, 0.15) is 5.54 Å². The van der Waals surface area contributed by atoms with Crippen molar-refractivity contribution in [1.29, 1.82) is 5.26 Å². The van der Waals surface area contributed by atoms with E-state index >= 15 is 0 Å². The first kappa shape index (κ1) is 17.4. The molecule has 106 valence electrons. The second kappa shape index (κ2) is 11.5. The van der Waals surface area contributed by atoms with Crippen LogP contribution in [0, 0.1) is 11.3 Å². The highest BCUT2D eigenvalue weighted by molar-refractivity contribution is 5.02. The van der Waals surface area contributed by atoms with Gasteiger partial charge in [0.25, 0.3) is 0 Å². The van der Waals surface area contributed by atoms with Crippen LogP contribution in [0.5, 0.6) is 0 Å². The Bertz CT molecular complexity index is 225. The van der Waals surface area contributed by atoms with Crippen LogP contribution in [0.15, 0.2) is 0 Å². The van der Waals surface area contributed by atoms with E-state index in [4.69, 9.17) is 10.00 Å². The van der Waals surface area contributed by atoms with E-state index in [1.165, 1.54) is 32.1 Å². The number of hydrogen-bond acceptors (Lipinski definition) is 3. The standard InChI is InChI=1S/C15H30N2O/c1-4-5-6-7-9-12-18-13-10-8-11-15(2,14-16)17-3/h17H,4-13H2,1-3H3. The maximum Gasteiger partial charge on any atom is 0.103 e. The Hall–Kier alpha value is -0.590. The summed E-state index contributed by atoms with van der Waals surface area (Å²) < 4.78 is 5.59. The Morgan fingerprint density at radius 2 is 1.67 bits per heavy atom. The van der Waals surface area contributed by atoms with Crippen molar-refractivity contribution < 1.29 is 4.74 Å². The van der Waals surface area contributed by atoms with Gasteiger partial charge in [-0.15, -0.1) is 0 Å². The molecule has 0 bridgehead atoms. The predicted molar refractivity (Wildman–Crippen MR) is 76.5 cm³/mol.